The van der Waals surface area contributed by atoms with Crippen LogP contribution in [0.1, 0.15) is 26.3 Å². The molecule has 7 heteroatoms. The second-order valence-electron chi connectivity index (χ2n) is 6.01. The predicted molar refractivity (Wildman–Crippen MR) is 109 cm³/mol. The smallest absolute Gasteiger partial charge is 0.339 e. The van der Waals surface area contributed by atoms with Gasteiger partial charge in [0.2, 0.25) is 0 Å². The van der Waals surface area contributed by atoms with Gasteiger partial charge >= 0.3 is 5.97 Å². The summed E-state index contributed by atoms with van der Waals surface area (Å²) in [5.41, 5.74) is 2.84. The highest BCUT2D eigenvalue weighted by Crippen LogP contribution is 2.23. The minimum Gasteiger partial charge on any atom is -0.465 e. The number of aryl methyl sites for hydroxylation is 1. The van der Waals surface area contributed by atoms with Gasteiger partial charge in [-0.25, -0.2) is 9.78 Å². The van der Waals surface area contributed by atoms with Gasteiger partial charge in [0.1, 0.15) is 5.82 Å². The Kier molecular flexibility index (Phi) is 5.91. The lowest BCUT2D eigenvalue weighted by atomic mass is 10.1. The third-order valence-corrected chi connectivity index (χ3v) is 4.29. The number of aromatic nitrogens is 1. The molecule has 0 aliphatic carbocycles. The van der Waals surface area contributed by atoms with Crippen LogP contribution in [0.4, 0.5) is 17.2 Å². The van der Waals surface area contributed by atoms with Crippen molar-refractivity contribution in [3.8, 4) is 0 Å². The molecule has 0 radical (unpaired) electrons. The van der Waals surface area contributed by atoms with Crippen molar-refractivity contribution in [2.45, 2.75) is 6.92 Å². The van der Waals surface area contributed by atoms with E-state index in [2.05, 4.69) is 15.6 Å². The summed E-state index contributed by atoms with van der Waals surface area (Å²) in [6, 6.07) is 15.3. The summed E-state index contributed by atoms with van der Waals surface area (Å²) >= 11 is 5.98. The Hall–Kier alpha value is -3.38. The van der Waals surface area contributed by atoms with Crippen LogP contribution in [-0.4, -0.2) is 24.0 Å². The van der Waals surface area contributed by atoms with Crippen molar-refractivity contribution in [3.63, 3.8) is 0 Å². The number of methoxy groups -OCH3 is 1. The van der Waals surface area contributed by atoms with Crippen LogP contribution >= 0.6 is 11.6 Å². The number of halogens is 1. The molecule has 0 atom stereocenters. The van der Waals surface area contributed by atoms with E-state index in [1.54, 1.807) is 42.5 Å². The first kappa shape index (κ1) is 19.4. The highest BCUT2D eigenvalue weighted by Gasteiger charge is 2.15. The summed E-state index contributed by atoms with van der Waals surface area (Å²) in [6.07, 6.45) is 1.54. The minimum atomic E-state index is -0.522. The quantitative estimate of drug-likeness (QED) is 0.605. The molecule has 0 saturated heterocycles. The van der Waals surface area contributed by atoms with Gasteiger partial charge in [0, 0.05) is 22.5 Å². The number of nitrogens with zero attached hydrogens (tertiary/aromatic N) is 1. The largest absolute Gasteiger partial charge is 0.465 e. The predicted octanol–water partition coefficient (Wildman–Crippen LogP) is 4.83. The number of amides is 1. The van der Waals surface area contributed by atoms with Gasteiger partial charge in [-0.3, -0.25) is 4.79 Å². The fourth-order valence-corrected chi connectivity index (χ4v) is 2.85. The average molecular weight is 396 g/mol. The highest BCUT2D eigenvalue weighted by molar-refractivity contribution is 6.30. The number of pyridine rings is 1. The maximum atomic E-state index is 12.7. The number of nitrogens with one attached hydrogen (secondary N) is 2. The Morgan fingerprint density at radius 1 is 1.04 bits per heavy atom. The molecule has 6 nitrogen and oxygen atoms in total. The lowest BCUT2D eigenvalue weighted by Gasteiger charge is -2.12. The number of hydrogen-bond acceptors (Lipinski definition) is 5. The molecule has 142 valence electrons. The molecule has 1 aromatic heterocycles. The first-order valence-corrected chi connectivity index (χ1v) is 8.83. The summed E-state index contributed by atoms with van der Waals surface area (Å²) < 4.78 is 4.75. The molecule has 0 unspecified atom stereocenters. The van der Waals surface area contributed by atoms with Gasteiger partial charge in [-0.2, -0.15) is 0 Å². The molecule has 0 aliphatic rings. The normalized spacial score (nSPS) is 10.2. The van der Waals surface area contributed by atoms with Crippen LogP contribution in [0.5, 0.6) is 0 Å². The lowest BCUT2D eigenvalue weighted by molar-refractivity contribution is 0.0602. The summed E-state index contributed by atoms with van der Waals surface area (Å²) in [5.74, 6) is -0.375. The van der Waals surface area contributed by atoms with Crippen LogP contribution in [0.3, 0.4) is 0 Å². The molecule has 3 rings (SSSR count). The molecule has 28 heavy (non-hydrogen) atoms. The van der Waals surface area contributed by atoms with E-state index in [1.807, 2.05) is 19.1 Å². The molecule has 2 N–H and O–H groups in total. The number of rotatable bonds is 5. The first-order valence-electron chi connectivity index (χ1n) is 8.46. The van der Waals surface area contributed by atoms with Crippen molar-refractivity contribution in [1.29, 1.82) is 0 Å². The molecule has 0 saturated carbocycles. The first-order chi connectivity index (χ1) is 13.5. The molecule has 0 spiro atoms. The number of ether oxygens (including phenoxy) is 1. The summed E-state index contributed by atoms with van der Waals surface area (Å²) in [7, 11) is 1.29. The standard InChI is InChI=1S/C21H18ClN3O3/c1-13-11-15(22)7-8-17(13)24-19-12-14(9-10-23-19)20(26)25-18-6-4-3-5-16(18)21(27)28-2/h3-12H,1-2H3,(H,23,24)(H,25,26). The van der Waals surface area contributed by atoms with Crippen LogP contribution < -0.4 is 10.6 Å². The molecule has 0 bridgehead atoms. The van der Waals surface area contributed by atoms with E-state index in [9.17, 15) is 9.59 Å². The Morgan fingerprint density at radius 2 is 1.82 bits per heavy atom. The minimum absolute atomic E-state index is 0.280. The number of esters is 1. The lowest BCUT2D eigenvalue weighted by Crippen LogP contribution is -2.15. The van der Waals surface area contributed by atoms with Crippen LogP contribution in [0.15, 0.2) is 60.8 Å². The fourth-order valence-electron chi connectivity index (χ4n) is 2.62. The molecular formula is C21H18ClN3O3. The van der Waals surface area contributed by atoms with Gasteiger partial charge in [-0.05, 0) is 55.0 Å². The van der Waals surface area contributed by atoms with E-state index >= 15 is 0 Å². The van der Waals surface area contributed by atoms with Gasteiger partial charge in [0.25, 0.3) is 5.91 Å². The summed E-state index contributed by atoms with van der Waals surface area (Å²) in [4.78, 5) is 28.8. The van der Waals surface area contributed by atoms with Crippen LogP contribution in [0.25, 0.3) is 0 Å². The molecule has 2 aromatic carbocycles. The van der Waals surface area contributed by atoms with Gasteiger partial charge in [0.15, 0.2) is 0 Å². The number of hydrogen-bond donors (Lipinski definition) is 2. The Balaban J connectivity index is 1.81. The van der Waals surface area contributed by atoms with E-state index in [1.165, 1.54) is 13.3 Å². The average Bonchev–Trinajstić information content (AvgIpc) is 2.70. The number of carbonyl (C=O) groups is 2. The second kappa shape index (κ2) is 8.54. The van der Waals surface area contributed by atoms with Crippen LogP contribution in [-0.2, 0) is 4.74 Å². The third kappa shape index (κ3) is 4.47. The van der Waals surface area contributed by atoms with Crippen LogP contribution in [0.2, 0.25) is 5.02 Å². The molecular weight excluding hydrogens is 378 g/mol. The van der Waals surface area contributed by atoms with Gasteiger partial charge in [-0.15, -0.1) is 0 Å². The maximum absolute atomic E-state index is 12.7. The molecule has 0 fully saturated rings. The van der Waals surface area contributed by atoms with E-state index in [0.29, 0.717) is 22.1 Å². The van der Waals surface area contributed by atoms with E-state index in [4.69, 9.17) is 16.3 Å². The fraction of sp³-hybridized carbons (Fsp3) is 0.0952. The zero-order valence-corrected chi connectivity index (χ0v) is 16.1. The van der Waals surface area contributed by atoms with Crippen molar-refractivity contribution in [3.05, 3.63) is 82.5 Å². The van der Waals surface area contributed by atoms with Crippen molar-refractivity contribution in [2.75, 3.05) is 17.7 Å². The number of anilines is 3. The summed E-state index contributed by atoms with van der Waals surface area (Å²) in [6.45, 7) is 1.93. The van der Waals surface area contributed by atoms with E-state index in [0.717, 1.165) is 11.3 Å². The zero-order chi connectivity index (χ0) is 20.1. The van der Waals surface area contributed by atoms with Gasteiger partial charge < -0.3 is 15.4 Å². The Bertz CT molecular complexity index is 1040. The number of carbonyl (C=O) groups excluding carboxylic acids is 2. The zero-order valence-electron chi connectivity index (χ0n) is 15.3. The van der Waals surface area contributed by atoms with Crippen molar-refractivity contribution < 1.29 is 14.3 Å². The Morgan fingerprint density at radius 3 is 2.57 bits per heavy atom. The molecule has 1 heterocycles. The van der Waals surface area contributed by atoms with Crippen molar-refractivity contribution in [1.82, 2.24) is 4.98 Å². The molecule has 0 aliphatic heterocycles. The van der Waals surface area contributed by atoms with Crippen molar-refractivity contribution >= 4 is 40.7 Å². The second-order valence-corrected chi connectivity index (χ2v) is 6.44. The van der Waals surface area contributed by atoms with E-state index in [-0.39, 0.29) is 11.5 Å². The Labute approximate surface area is 167 Å². The van der Waals surface area contributed by atoms with Gasteiger partial charge in [0.05, 0.1) is 18.4 Å². The maximum Gasteiger partial charge on any atom is 0.339 e. The molecule has 3 aromatic rings. The van der Waals surface area contributed by atoms with Crippen LogP contribution in [0, 0.1) is 6.92 Å². The van der Waals surface area contributed by atoms with Gasteiger partial charge in [-0.1, -0.05) is 23.7 Å². The summed E-state index contributed by atoms with van der Waals surface area (Å²) in [5, 5.41) is 6.56. The monoisotopic (exact) mass is 395 g/mol. The van der Waals surface area contributed by atoms with E-state index < -0.39 is 5.97 Å². The number of para-hydroxylation sites is 1. The topological polar surface area (TPSA) is 80.3 Å². The molecule has 1 amide bonds. The SMILES string of the molecule is COC(=O)c1ccccc1NC(=O)c1ccnc(Nc2ccc(Cl)cc2C)c1. The highest BCUT2D eigenvalue weighted by atomic mass is 35.5. The number of benzene rings is 2. The van der Waals surface area contributed by atoms with Crippen molar-refractivity contribution in [2.24, 2.45) is 0 Å². The third-order valence-electron chi connectivity index (χ3n) is 4.05.